The molecule has 1 atom stereocenters. The number of amides is 2. The van der Waals surface area contributed by atoms with Crippen LogP contribution in [-0.4, -0.2) is 52.9 Å². The summed E-state index contributed by atoms with van der Waals surface area (Å²) >= 11 is 0. The van der Waals surface area contributed by atoms with Gasteiger partial charge in [0.15, 0.2) is 5.69 Å². The summed E-state index contributed by atoms with van der Waals surface area (Å²) in [4.78, 5) is 29.2. The van der Waals surface area contributed by atoms with Crippen LogP contribution in [-0.2, 0) is 4.79 Å². The molecule has 2 amide bonds. The highest BCUT2D eigenvalue weighted by atomic mass is 16.5. The van der Waals surface area contributed by atoms with Crippen molar-refractivity contribution < 1.29 is 14.1 Å². The Kier molecular flexibility index (Phi) is 4.29. The highest BCUT2D eigenvalue weighted by Gasteiger charge is 2.34. The molecule has 2 aliphatic heterocycles. The summed E-state index contributed by atoms with van der Waals surface area (Å²) in [5.41, 5.74) is 0.392. The fourth-order valence-electron chi connectivity index (χ4n) is 3.85. The Morgan fingerprint density at radius 3 is 2.50 bits per heavy atom. The Bertz CT molecular complexity index is 617. The third kappa shape index (κ3) is 3.19. The van der Waals surface area contributed by atoms with Gasteiger partial charge in [-0.15, -0.1) is 0 Å². The van der Waals surface area contributed by atoms with Crippen LogP contribution in [0.15, 0.2) is 10.6 Å². The van der Waals surface area contributed by atoms with E-state index < -0.39 is 0 Å². The van der Waals surface area contributed by atoms with Crippen molar-refractivity contribution in [3.05, 3.63) is 17.5 Å². The van der Waals surface area contributed by atoms with Crippen LogP contribution in [0.2, 0.25) is 0 Å². The van der Waals surface area contributed by atoms with Crippen molar-refractivity contribution in [3.8, 4) is 0 Å². The molecule has 3 aliphatic rings. The first-order chi connectivity index (χ1) is 11.7. The van der Waals surface area contributed by atoms with Gasteiger partial charge in [0.1, 0.15) is 5.76 Å². The maximum atomic E-state index is 12.7. The second-order valence-electron chi connectivity index (χ2n) is 7.37. The van der Waals surface area contributed by atoms with Gasteiger partial charge in [-0.2, -0.15) is 0 Å². The molecule has 4 rings (SSSR count). The van der Waals surface area contributed by atoms with E-state index in [0.717, 1.165) is 57.4 Å². The van der Waals surface area contributed by atoms with Gasteiger partial charge in [0, 0.05) is 38.2 Å². The smallest absolute Gasteiger partial charge is 0.276 e. The zero-order chi connectivity index (χ0) is 16.5. The molecule has 1 aliphatic carbocycles. The second kappa shape index (κ2) is 6.57. The predicted molar refractivity (Wildman–Crippen MR) is 87.5 cm³/mol. The van der Waals surface area contributed by atoms with Gasteiger partial charge >= 0.3 is 0 Å². The lowest BCUT2D eigenvalue weighted by Gasteiger charge is -2.36. The minimum Gasteiger partial charge on any atom is -0.360 e. The highest BCUT2D eigenvalue weighted by Crippen LogP contribution is 2.40. The summed E-state index contributed by atoms with van der Waals surface area (Å²) in [6.45, 7) is 2.96. The summed E-state index contributed by atoms with van der Waals surface area (Å²) in [5, 5.41) is 3.95. The van der Waals surface area contributed by atoms with Gasteiger partial charge in [-0.1, -0.05) is 5.16 Å². The standard InChI is InChI=1S/C18H25N3O3/c22-17(20-8-2-1-3-9-20)14-5-4-10-21(12-14)18(23)15-11-16(24-19-15)13-6-7-13/h11,13-14H,1-10,12H2/t14-/m1/s1. The fraction of sp³-hybridized carbons (Fsp3) is 0.722. The molecule has 0 spiro atoms. The summed E-state index contributed by atoms with van der Waals surface area (Å²) in [6, 6.07) is 1.79. The van der Waals surface area contributed by atoms with Crippen LogP contribution in [0.1, 0.15) is 67.1 Å². The molecule has 1 aromatic heterocycles. The molecule has 2 saturated heterocycles. The third-order valence-electron chi connectivity index (χ3n) is 5.45. The van der Waals surface area contributed by atoms with E-state index in [-0.39, 0.29) is 17.7 Å². The number of likely N-dealkylation sites (tertiary alicyclic amines) is 2. The molecule has 0 bridgehead atoms. The van der Waals surface area contributed by atoms with Gasteiger partial charge in [0.25, 0.3) is 5.91 Å². The van der Waals surface area contributed by atoms with E-state index in [9.17, 15) is 9.59 Å². The van der Waals surface area contributed by atoms with E-state index in [1.807, 2.05) is 4.90 Å². The molecule has 0 N–H and O–H groups in total. The number of piperidine rings is 2. The molecule has 1 aromatic rings. The van der Waals surface area contributed by atoms with E-state index in [4.69, 9.17) is 4.52 Å². The molecule has 0 aromatic carbocycles. The van der Waals surface area contributed by atoms with E-state index >= 15 is 0 Å². The number of nitrogens with zero attached hydrogens (tertiary/aromatic N) is 3. The summed E-state index contributed by atoms with van der Waals surface area (Å²) < 4.78 is 5.30. The Morgan fingerprint density at radius 2 is 1.75 bits per heavy atom. The van der Waals surface area contributed by atoms with Gasteiger partial charge in [0.05, 0.1) is 5.92 Å². The lowest BCUT2D eigenvalue weighted by atomic mass is 9.95. The number of rotatable bonds is 3. The lowest BCUT2D eigenvalue weighted by Crippen LogP contribution is -2.48. The monoisotopic (exact) mass is 331 g/mol. The van der Waals surface area contributed by atoms with Crippen molar-refractivity contribution in [1.82, 2.24) is 15.0 Å². The molecular formula is C18H25N3O3. The molecule has 3 heterocycles. The van der Waals surface area contributed by atoms with E-state index in [1.54, 1.807) is 11.0 Å². The van der Waals surface area contributed by atoms with Crippen LogP contribution < -0.4 is 0 Å². The average molecular weight is 331 g/mol. The van der Waals surface area contributed by atoms with Crippen LogP contribution in [0.3, 0.4) is 0 Å². The van der Waals surface area contributed by atoms with Gasteiger partial charge in [-0.05, 0) is 44.9 Å². The summed E-state index contributed by atoms with van der Waals surface area (Å²) in [6.07, 6.45) is 7.43. The highest BCUT2D eigenvalue weighted by molar-refractivity contribution is 5.93. The fourth-order valence-corrected chi connectivity index (χ4v) is 3.85. The molecule has 6 heteroatoms. The molecule has 6 nitrogen and oxygen atoms in total. The first-order valence-corrected chi connectivity index (χ1v) is 9.27. The normalized spacial score (nSPS) is 24.9. The number of aromatic nitrogens is 1. The van der Waals surface area contributed by atoms with Crippen molar-refractivity contribution in [3.63, 3.8) is 0 Å². The number of carbonyl (C=O) groups excluding carboxylic acids is 2. The van der Waals surface area contributed by atoms with Crippen LogP contribution >= 0.6 is 0 Å². The van der Waals surface area contributed by atoms with Gasteiger partial charge in [0.2, 0.25) is 5.91 Å². The van der Waals surface area contributed by atoms with Crippen molar-refractivity contribution in [2.45, 2.75) is 50.9 Å². The second-order valence-corrected chi connectivity index (χ2v) is 7.37. The minimum absolute atomic E-state index is 0.0596. The zero-order valence-electron chi connectivity index (χ0n) is 14.1. The van der Waals surface area contributed by atoms with Crippen LogP contribution in [0.5, 0.6) is 0 Å². The van der Waals surface area contributed by atoms with Crippen LogP contribution in [0, 0.1) is 5.92 Å². The maximum absolute atomic E-state index is 12.7. The van der Waals surface area contributed by atoms with E-state index in [0.29, 0.717) is 24.7 Å². The summed E-state index contributed by atoms with van der Waals surface area (Å²) in [7, 11) is 0. The molecule has 0 unspecified atom stereocenters. The summed E-state index contributed by atoms with van der Waals surface area (Å²) in [5.74, 6) is 1.36. The van der Waals surface area contributed by atoms with Gasteiger partial charge in [-0.25, -0.2) is 0 Å². The molecular weight excluding hydrogens is 306 g/mol. The Hall–Kier alpha value is -1.85. The van der Waals surface area contributed by atoms with Crippen molar-refractivity contribution in [1.29, 1.82) is 0 Å². The average Bonchev–Trinajstić information content (AvgIpc) is 3.38. The van der Waals surface area contributed by atoms with Crippen LogP contribution in [0.25, 0.3) is 0 Å². The Balaban J connectivity index is 1.39. The number of hydrogen-bond donors (Lipinski definition) is 0. The number of carbonyl (C=O) groups is 2. The van der Waals surface area contributed by atoms with Gasteiger partial charge in [-0.3, -0.25) is 9.59 Å². The SMILES string of the molecule is O=C(c1cc(C2CC2)on1)N1CCC[C@@H](C(=O)N2CCCCC2)C1. The van der Waals surface area contributed by atoms with Crippen molar-refractivity contribution >= 4 is 11.8 Å². The maximum Gasteiger partial charge on any atom is 0.276 e. The molecule has 3 fully saturated rings. The lowest BCUT2D eigenvalue weighted by molar-refractivity contribution is -0.137. The van der Waals surface area contributed by atoms with Crippen molar-refractivity contribution in [2.24, 2.45) is 5.92 Å². The first-order valence-electron chi connectivity index (χ1n) is 9.27. The van der Waals surface area contributed by atoms with Crippen molar-refractivity contribution in [2.75, 3.05) is 26.2 Å². The molecule has 0 radical (unpaired) electrons. The Labute approximate surface area is 142 Å². The molecule has 24 heavy (non-hydrogen) atoms. The number of hydrogen-bond acceptors (Lipinski definition) is 4. The van der Waals surface area contributed by atoms with E-state index in [1.165, 1.54) is 6.42 Å². The minimum atomic E-state index is -0.0956. The predicted octanol–water partition coefficient (Wildman–Crippen LogP) is 2.42. The zero-order valence-corrected chi connectivity index (χ0v) is 14.1. The van der Waals surface area contributed by atoms with Gasteiger partial charge < -0.3 is 14.3 Å². The molecule has 1 saturated carbocycles. The topological polar surface area (TPSA) is 66.7 Å². The largest absolute Gasteiger partial charge is 0.360 e. The Morgan fingerprint density at radius 1 is 1.00 bits per heavy atom. The van der Waals surface area contributed by atoms with E-state index in [2.05, 4.69) is 5.16 Å². The molecule has 130 valence electrons. The van der Waals surface area contributed by atoms with Crippen LogP contribution in [0.4, 0.5) is 0 Å². The quantitative estimate of drug-likeness (QED) is 0.853. The first kappa shape index (κ1) is 15.7. The third-order valence-corrected chi connectivity index (χ3v) is 5.45.